The summed E-state index contributed by atoms with van der Waals surface area (Å²) in [5.74, 6) is 7.57. The van der Waals surface area contributed by atoms with Crippen molar-refractivity contribution >= 4 is 11.6 Å². The number of allylic oxidation sites excluding steroid dienone is 4. The van der Waals surface area contributed by atoms with E-state index in [4.69, 9.17) is 24.1 Å². The Morgan fingerprint density at radius 2 is 1.18 bits per heavy atom. The van der Waals surface area contributed by atoms with Crippen LogP contribution in [0.15, 0.2) is 36.1 Å². The summed E-state index contributed by atoms with van der Waals surface area (Å²) in [7, 11) is 2.69. The quantitative estimate of drug-likeness (QED) is 0.154. The monoisotopic (exact) mass is 1060 g/mol. The number of rotatable bonds is 7. The van der Waals surface area contributed by atoms with E-state index in [9.17, 15) is 9.59 Å². The standard InChI is InChI=1S/C35H54O4.C32H50O2.CH4O.Na.H/c1-21(2)22-13-16-35(20-38-26-10-8-9-19-37-26)18-17-32(5)23(27(22)35)11-12-25-33(32,6)15-14-24-31(3,4)29(36)28-30(39-28)34(24,25)7;1-10-32-16-13-21(20(2)3)26(32)22-11-12-25-29(6)19-23(34-9)27(33)28(4,5)24(29)14-15-31(25,8)30(22,7)17-18-32;1-2;;/h22-28,30H,1,8-20H2,2-7H3;19,21-22,24-26H,2,10-18H2,1,3-9H3;2H,1H3;;/q;;;+1;-1/t22-,23+,24-,25-,26?,27+,28-,30-,32+,33+,34-,35+;21-,22+,24-,25+,26+,29-,30+,31+,32+;;;/m00.../s1. The first-order valence-electron chi connectivity index (χ1n) is 31.2. The Labute approximate surface area is 487 Å². The van der Waals surface area contributed by atoms with Crippen LogP contribution in [0.2, 0.25) is 0 Å². The fourth-order valence-corrected chi connectivity index (χ4v) is 24.3. The molecule has 21 atom stereocenters. The van der Waals surface area contributed by atoms with Gasteiger partial charge in [0.2, 0.25) is 5.78 Å². The van der Waals surface area contributed by atoms with Gasteiger partial charge in [0, 0.05) is 30.0 Å². The van der Waals surface area contributed by atoms with E-state index in [1.165, 1.54) is 127 Å². The van der Waals surface area contributed by atoms with Gasteiger partial charge in [-0.25, -0.2) is 0 Å². The van der Waals surface area contributed by atoms with Gasteiger partial charge in [0.25, 0.3) is 0 Å². The molecule has 12 aliphatic rings. The van der Waals surface area contributed by atoms with Gasteiger partial charge in [0.1, 0.15) is 6.10 Å². The van der Waals surface area contributed by atoms with Crippen LogP contribution in [-0.2, 0) is 28.5 Å². The van der Waals surface area contributed by atoms with Crippen molar-refractivity contribution in [1.82, 2.24) is 0 Å². The fraction of sp³-hybridized carbons (Fsp3) is 0.882. The minimum Gasteiger partial charge on any atom is -1.00 e. The van der Waals surface area contributed by atoms with E-state index in [-0.39, 0.29) is 87.8 Å². The first-order valence-corrected chi connectivity index (χ1v) is 31.2. The van der Waals surface area contributed by atoms with Crippen molar-refractivity contribution in [2.24, 2.45) is 113 Å². The minimum atomic E-state index is -0.353. The summed E-state index contributed by atoms with van der Waals surface area (Å²) in [6, 6.07) is 0. The maximum atomic E-state index is 13.3. The van der Waals surface area contributed by atoms with Gasteiger partial charge in [-0.1, -0.05) is 107 Å². The molecule has 0 amide bonds. The predicted octanol–water partition coefficient (Wildman–Crippen LogP) is 12.8. The molecule has 0 aromatic rings. The van der Waals surface area contributed by atoms with Gasteiger partial charge in [0.05, 0.1) is 19.8 Å². The zero-order valence-corrected chi connectivity index (χ0v) is 53.5. The Hall–Kier alpha value is -0.800. The summed E-state index contributed by atoms with van der Waals surface area (Å²) in [5, 5.41) is 7.00. The summed E-state index contributed by atoms with van der Waals surface area (Å²) in [4.78, 5) is 26.6. The molecule has 11 fully saturated rings. The molecule has 8 heteroatoms. The third-order valence-electron chi connectivity index (χ3n) is 28.4. The Bertz CT molecular complexity index is 2300. The normalized spacial score (nSPS) is 51.6. The van der Waals surface area contributed by atoms with Crippen LogP contribution in [0.4, 0.5) is 0 Å². The molecule has 424 valence electrons. The SMILES string of the molecule is C=C(C)[C@@H]1CC[C@]2(CC)CC[C@]3(C)[C@H](CC[C@@H]4[C@@]5(C)C=C(OC)C(=O)C(C)(C)[C@@H]5CC[C@]43C)[C@@H]12.C=C(C)[C@@H]1CC[C@]2(COC3CCCCO3)CC[C@]3(C)[C@H](CC[C@@H]4[C@@]5(C)[C@H]6O[C@H]6C(=O)C(C)(C)[C@@H]5CC[C@]43C)[C@@H]12.CO.[H-].[Na+]. The average molecular weight is 1060 g/mol. The van der Waals surface area contributed by atoms with Crippen molar-refractivity contribution in [1.29, 1.82) is 0 Å². The number of ketones is 2. The molecule has 0 spiro atoms. The van der Waals surface area contributed by atoms with Crippen molar-refractivity contribution in [3.63, 3.8) is 0 Å². The molecule has 2 aliphatic heterocycles. The molecule has 2 heterocycles. The van der Waals surface area contributed by atoms with E-state index in [2.05, 4.69) is 109 Å². The van der Waals surface area contributed by atoms with Crippen molar-refractivity contribution in [2.75, 3.05) is 27.4 Å². The van der Waals surface area contributed by atoms with Crippen LogP contribution in [0, 0.1) is 113 Å². The molecule has 76 heavy (non-hydrogen) atoms. The molecule has 9 saturated carbocycles. The van der Waals surface area contributed by atoms with E-state index >= 15 is 0 Å². The van der Waals surface area contributed by atoms with Crippen LogP contribution in [-0.4, -0.2) is 62.6 Å². The zero-order chi connectivity index (χ0) is 54.5. The largest absolute Gasteiger partial charge is 1.00 e. The van der Waals surface area contributed by atoms with Crippen molar-refractivity contribution in [3.8, 4) is 0 Å². The third-order valence-corrected chi connectivity index (χ3v) is 28.4. The number of ether oxygens (including phenoxy) is 4. The first-order chi connectivity index (χ1) is 35.2. The number of carbonyl (C=O) groups is 2. The van der Waals surface area contributed by atoms with E-state index in [1.54, 1.807) is 7.11 Å². The summed E-state index contributed by atoms with van der Waals surface area (Å²) in [5.41, 5.74) is 4.36. The van der Waals surface area contributed by atoms with Crippen molar-refractivity contribution in [3.05, 3.63) is 36.1 Å². The number of aliphatic hydroxyl groups excluding tert-OH is 1. The van der Waals surface area contributed by atoms with Crippen molar-refractivity contribution < 1.29 is 64.6 Å². The summed E-state index contributed by atoms with van der Waals surface area (Å²) < 4.78 is 24.7. The van der Waals surface area contributed by atoms with Gasteiger partial charge in [-0.2, -0.15) is 0 Å². The average Bonchev–Trinajstić information content (AvgIpc) is 4.22. The smallest absolute Gasteiger partial charge is 1.00 e. The topological polar surface area (TPSA) is 94.6 Å². The van der Waals surface area contributed by atoms with Crippen LogP contribution < -0.4 is 29.6 Å². The van der Waals surface area contributed by atoms with Crippen LogP contribution in [0.25, 0.3) is 0 Å². The Balaban J connectivity index is 0.000000194. The second-order valence-electron chi connectivity index (χ2n) is 31.1. The number of epoxide rings is 1. The first kappa shape index (κ1) is 59.8. The number of fused-ring (bicyclic) bond motifs is 16. The van der Waals surface area contributed by atoms with E-state index < -0.39 is 0 Å². The molecule has 10 aliphatic carbocycles. The van der Waals surface area contributed by atoms with Gasteiger partial charge < -0.3 is 25.5 Å². The molecule has 0 aromatic heterocycles. The fourth-order valence-electron chi connectivity index (χ4n) is 24.3. The summed E-state index contributed by atoms with van der Waals surface area (Å²) in [6.45, 7) is 42.4. The summed E-state index contributed by atoms with van der Waals surface area (Å²) >= 11 is 0. The number of hydrogen-bond acceptors (Lipinski definition) is 7. The van der Waals surface area contributed by atoms with Crippen LogP contribution >= 0.6 is 0 Å². The molecular formula is C68H109NaO7. The molecule has 1 N–H and O–H groups in total. The number of hydrogen-bond donors (Lipinski definition) is 1. The Kier molecular flexibility index (Phi) is 15.9. The molecule has 0 radical (unpaired) electrons. The van der Waals surface area contributed by atoms with Crippen molar-refractivity contribution in [2.45, 2.75) is 237 Å². The maximum Gasteiger partial charge on any atom is 1.00 e. The number of methoxy groups -OCH3 is 1. The molecule has 2 saturated heterocycles. The van der Waals surface area contributed by atoms with Crippen LogP contribution in [0.1, 0.15) is 220 Å². The van der Waals surface area contributed by atoms with Gasteiger partial charge >= 0.3 is 29.6 Å². The van der Waals surface area contributed by atoms with E-state index in [0.29, 0.717) is 80.5 Å². The van der Waals surface area contributed by atoms with Crippen LogP contribution in [0.3, 0.4) is 0 Å². The number of Topliss-reactive ketones (excluding diaryl/α,β-unsaturated/α-hetero) is 2. The molecule has 0 bridgehead atoms. The molecule has 0 aromatic carbocycles. The molecular weight excluding hydrogens is 952 g/mol. The second kappa shape index (κ2) is 20.2. The predicted molar refractivity (Wildman–Crippen MR) is 302 cm³/mol. The molecule has 7 nitrogen and oxygen atoms in total. The van der Waals surface area contributed by atoms with Gasteiger partial charge in [-0.05, 0) is 239 Å². The number of carbonyl (C=O) groups excluding carboxylic acids is 2. The Morgan fingerprint density at radius 1 is 0.645 bits per heavy atom. The summed E-state index contributed by atoms with van der Waals surface area (Å²) in [6.07, 6.45) is 27.8. The third kappa shape index (κ3) is 8.09. The van der Waals surface area contributed by atoms with Crippen LogP contribution in [0.5, 0.6) is 0 Å². The van der Waals surface area contributed by atoms with Gasteiger partial charge in [-0.3, -0.25) is 9.59 Å². The maximum absolute atomic E-state index is 13.3. The van der Waals surface area contributed by atoms with E-state index in [1.807, 2.05) is 0 Å². The van der Waals surface area contributed by atoms with E-state index in [0.717, 1.165) is 45.0 Å². The van der Waals surface area contributed by atoms with Gasteiger partial charge in [0.15, 0.2) is 17.8 Å². The molecule has 12 rings (SSSR count). The second-order valence-corrected chi connectivity index (χ2v) is 31.1. The molecule has 1 unspecified atom stereocenters. The zero-order valence-electron chi connectivity index (χ0n) is 52.5. The number of aliphatic hydroxyl groups is 1. The minimum absolute atomic E-state index is 0. The Morgan fingerprint density at radius 3 is 1.74 bits per heavy atom. The van der Waals surface area contributed by atoms with Gasteiger partial charge in [-0.15, -0.1) is 0 Å².